The normalized spacial score (nSPS) is 36.0. The molecule has 0 aromatic heterocycles. The predicted molar refractivity (Wildman–Crippen MR) is 66.1 cm³/mol. The van der Waals surface area contributed by atoms with Crippen molar-refractivity contribution in [2.45, 2.75) is 65.3 Å². The van der Waals surface area contributed by atoms with Gasteiger partial charge in [-0.2, -0.15) is 0 Å². The van der Waals surface area contributed by atoms with E-state index in [9.17, 15) is 4.79 Å². The van der Waals surface area contributed by atoms with Crippen LogP contribution in [0.2, 0.25) is 0 Å². The molecule has 1 heterocycles. The molecule has 2 unspecified atom stereocenters. The lowest BCUT2D eigenvalue weighted by molar-refractivity contribution is -0.119. The molecule has 16 heavy (non-hydrogen) atoms. The van der Waals surface area contributed by atoms with Gasteiger partial charge in [-0.05, 0) is 36.5 Å². The van der Waals surface area contributed by atoms with E-state index < -0.39 is 0 Å². The van der Waals surface area contributed by atoms with Crippen LogP contribution in [0.4, 0.5) is 0 Å². The van der Waals surface area contributed by atoms with E-state index in [0.717, 1.165) is 18.8 Å². The molecule has 92 valence electrons. The second kappa shape index (κ2) is 4.38. The number of amides is 1. The van der Waals surface area contributed by atoms with Gasteiger partial charge in [0.15, 0.2) is 0 Å². The minimum absolute atomic E-state index is 0.234. The van der Waals surface area contributed by atoms with Crippen LogP contribution in [0.15, 0.2) is 0 Å². The fraction of sp³-hybridized carbons (Fsp3) is 0.929. The topological polar surface area (TPSA) is 29.1 Å². The average molecular weight is 223 g/mol. The summed E-state index contributed by atoms with van der Waals surface area (Å²) in [5, 5.41) is 3.21. The molecule has 0 radical (unpaired) electrons. The van der Waals surface area contributed by atoms with Gasteiger partial charge in [0.1, 0.15) is 0 Å². The van der Waals surface area contributed by atoms with Crippen molar-refractivity contribution in [1.29, 1.82) is 0 Å². The third kappa shape index (κ3) is 2.11. The van der Waals surface area contributed by atoms with Crippen molar-refractivity contribution in [3.8, 4) is 0 Å². The van der Waals surface area contributed by atoms with E-state index in [1.54, 1.807) is 0 Å². The molecule has 1 saturated heterocycles. The van der Waals surface area contributed by atoms with Gasteiger partial charge in [0.2, 0.25) is 5.91 Å². The van der Waals surface area contributed by atoms with E-state index in [-0.39, 0.29) is 11.3 Å². The van der Waals surface area contributed by atoms with Gasteiger partial charge in [0.25, 0.3) is 0 Å². The molecule has 2 rings (SSSR count). The van der Waals surface area contributed by atoms with Crippen LogP contribution in [-0.2, 0) is 4.79 Å². The summed E-state index contributed by atoms with van der Waals surface area (Å²) in [6.07, 6.45) is 7.29. The Morgan fingerprint density at radius 1 is 1.38 bits per heavy atom. The van der Waals surface area contributed by atoms with Crippen molar-refractivity contribution in [3.63, 3.8) is 0 Å². The largest absolute Gasteiger partial charge is 0.353 e. The highest BCUT2D eigenvalue weighted by molar-refractivity contribution is 5.80. The van der Waals surface area contributed by atoms with Gasteiger partial charge < -0.3 is 5.32 Å². The molecule has 2 heteroatoms. The average Bonchev–Trinajstić information content (AvgIpc) is 2.75. The molecule has 2 fully saturated rings. The summed E-state index contributed by atoms with van der Waals surface area (Å²) in [4.78, 5) is 11.7. The SMILES string of the molecule is CC(C)CC1NC(=O)CC1(C)C1CCCC1. The smallest absolute Gasteiger partial charge is 0.220 e. The molecule has 2 aliphatic rings. The van der Waals surface area contributed by atoms with Crippen LogP contribution in [-0.4, -0.2) is 11.9 Å². The first-order chi connectivity index (χ1) is 7.52. The quantitative estimate of drug-likeness (QED) is 0.782. The Kier molecular flexibility index (Phi) is 3.27. The van der Waals surface area contributed by atoms with Crippen molar-refractivity contribution < 1.29 is 4.79 Å². The fourth-order valence-corrected chi connectivity index (χ4v) is 3.69. The van der Waals surface area contributed by atoms with E-state index in [0.29, 0.717) is 12.0 Å². The van der Waals surface area contributed by atoms with Crippen LogP contribution in [0.1, 0.15) is 59.3 Å². The number of carbonyl (C=O) groups excluding carboxylic acids is 1. The molecule has 1 amide bonds. The van der Waals surface area contributed by atoms with Gasteiger partial charge in [0, 0.05) is 12.5 Å². The van der Waals surface area contributed by atoms with E-state index in [1.807, 2.05) is 0 Å². The molecule has 1 aliphatic heterocycles. The number of nitrogens with one attached hydrogen (secondary N) is 1. The van der Waals surface area contributed by atoms with Gasteiger partial charge in [0.05, 0.1) is 0 Å². The monoisotopic (exact) mass is 223 g/mol. The first kappa shape index (κ1) is 11.9. The maximum atomic E-state index is 11.7. The standard InChI is InChI=1S/C14H25NO/c1-10(2)8-12-14(3,9-13(16)15-12)11-6-4-5-7-11/h10-12H,4-9H2,1-3H3,(H,15,16). The maximum absolute atomic E-state index is 11.7. The van der Waals surface area contributed by atoms with Crippen LogP contribution >= 0.6 is 0 Å². The third-order valence-corrected chi connectivity index (χ3v) is 4.67. The second-order valence-corrected chi connectivity index (χ2v) is 6.41. The molecule has 2 atom stereocenters. The molecule has 1 N–H and O–H groups in total. The lowest BCUT2D eigenvalue weighted by atomic mass is 9.69. The van der Waals surface area contributed by atoms with Gasteiger partial charge >= 0.3 is 0 Å². The van der Waals surface area contributed by atoms with Crippen molar-refractivity contribution in [2.75, 3.05) is 0 Å². The minimum Gasteiger partial charge on any atom is -0.353 e. The summed E-state index contributed by atoms with van der Waals surface area (Å²) in [6, 6.07) is 0.420. The summed E-state index contributed by atoms with van der Waals surface area (Å²) >= 11 is 0. The third-order valence-electron chi connectivity index (χ3n) is 4.67. The Hall–Kier alpha value is -0.530. The highest BCUT2D eigenvalue weighted by atomic mass is 16.2. The highest BCUT2D eigenvalue weighted by Crippen LogP contribution is 2.48. The summed E-state index contributed by atoms with van der Waals surface area (Å²) in [5.74, 6) is 1.72. The molecule has 2 nitrogen and oxygen atoms in total. The lowest BCUT2D eigenvalue weighted by Crippen LogP contribution is -2.40. The van der Waals surface area contributed by atoms with E-state index in [2.05, 4.69) is 26.1 Å². The molecule has 0 aromatic rings. The minimum atomic E-state index is 0.234. The van der Waals surface area contributed by atoms with Crippen LogP contribution < -0.4 is 5.32 Å². The predicted octanol–water partition coefficient (Wildman–Crippen LogP) is 3.12. The van der Waals surface area contributed by atoms with Gasteiger partial charge in [-0.3, -0.25) is 4.79 Å². The first-order valence-electron chi connectivity index (χ1n) is 6.81. The van der Waals surface area contributed by atoms with Crippen LogP contribution in [0, 0.1) is 17.3 Å². The molecule has 0 spiro atoms. The van der Waals surface area contributed by atoms with Crippen LogP contribution in [0.3, 0.4) is 0 Å². The molecule has 1 saturated carbocycles. The Bertz CT molecular complexity index is 268. The van der Waals surface area contributed by atoms with Crippen molar-refractivity contribution >= 4 is 5.91 Å². The summed E-state index contributed by atoms with van der Waals surface area (Å²) in [6.45, 7) is 6.84. The zero-order valence-corrected chi connectivity index (χ0v) is 10.9. The zero-order chi connectivity index (χ0) is 11.8. The van der Waals surface area contributed by atoms with Gasteiger partial charge in [-0.1, -0.05) is 33.6 Å². The molecule has 1 aliphatic carbocycles. The number of carbonyl (C=O) groups is 1. The van der Waals surface area contributed by atoms with Crippen molar-refractivity contribution in [3.05, 3.63) is 0 Å². The highest BCUT2D eigenvalue weighted by Gasteiger charge is 2.48. The van der Waals surface area contributed by atoms with E-state index >= 15 is 0 Å². The van der Waals surface area contributed by atoms with Crippen LogP contribution in [0.25, 0.3) is 0 Å². The lowest BCUT2D eigenvalue weighted by Gasteiger charge is -2.37. The fourth-order valence-electron chi connectivity index (χ4n) is 3.69. The number of hydrogen-bond donors (Lipinski definition) is 1. The summed E-state index contributed by atoms with van der Waals surface area (Å²) in [7, 11) is 0. The molecular weight excluding hydrogens is 198 g/mol. The molecule has 0 aromatic carbocycles. The Labute approximate surface area is 99.2 Å². The van der Waals surface area contributed by atoms with E-state index in [1.165, 1.54) is 25.7 Å². The van der Waals surface area contributed by atoms with Gasteiger partial charge in [-0.15, -0.1) is 0 Å². The Balaban J connectivity index is 2.12. The number of hydrogen-bond acceptors (Lipinski definition) is 1. The Morgan fingerprint density at radius 2 is 2.00 bits per heavy atom. The Morgan fingerprint density at radius 3 is 2.56 bits per heavy atom. The zero-order valence-electron chi connectivity index (χ0n) is 10.9. The first-order valence-corrected chi connectivity index (χ1v) is 6.81. The summed E-state index contributed by atoms with van der Waals surface area (Å²) in [5.41, 5.74) is 0.234. The molecular formula is C14H25NO. The van der Waals surface area contributed by atoms with E-state index in [4.69, 9.17) is 0 Å². The number of rotatable bonds is 3. The van der Waals surface area contributed by atoms with Crippen molar-refractivity contribution in [1.82, 2.24) is 5.32 Å². The summed E-state index contributed by atoms with van der Waals surface area (Å²) < 4.78 is 0. The van der Waals surface area contributed by atoms with Crippen molar-refractivity contribution in [2.24, 2.45) is 17.3 Å². The van der Waals surface area contributed by atoms with Crippen LogP contribution in [0.5, 0.6) is 0 Å². The maximum Gasteiger partial charge on any atom is 0.220 e. The molecule has 0 bridgehead atoms. The second-order valence-electron chi connectivity index (χ2n) is 6.41. The van der Waals surface area contributed by atoms with Gasteiger partial charge in [-0.25, -0.2) is 0 Å².